The van der Waals surface area contributed by atoms with Gasteiger partial charge in [0.1, 0.15) is 0 Å². The number of hydrogen-bond acceptors (Lipinski definition) is 1. The molecule has 76 valence electrons. The van der Waals surface area contributed by atoms with Crippen molar-refractivity contribution in [2.75, 3.05) is 11.0 Å². The molecule has 0 aromatic heterocycles. The van der Waals surface area contributed by atoms with Crippen molar-refractivity contribution in [2.24, 2.45) is 11.3 Å². The molecule has 1 saturated heterocycles. The second-order valence-electron chi connectivity index (χ2n) is 4.81. The van der Waals surface area contributed by atoms with Gasteiger partial charge in [-0.15, -0.1) is 0 Å². The largest absolute Gasteiger partial charge is 0.377 e. The molecule has 1 nitrogen and oxygen atoms in total. The summed E-state index contributed by atoms with van der Waals surface area (Å²) in [5.74, 6) is 0.959. The van der Waals surface area contributed by atoms with Crippen molar-refractivity contribution in [3.63, 3.8) is 0 Å². The van der Waals surface area contributed by atoms with Crippen molar-refractivity contribution in [1.29, 1.82) is 0 Å². The Morgan fingerprint density at radius 2 is 2.00 bits per heavy atom. The van der Waals surface area contributed by atoms with Crippen LogP contribution in [0.25, 0.3) is 0 Å². The van der Waals surface area contributed by atoms with Crippen LogP contribution in [0, 0.1) is 11.3 Å². The Balaban J connectivity index is 2.02. The van der Waals surface area contributed by atoms with E-state index in [2.05, 4.69) is 29.5 Å². The molecule has 0 N–H and O–H groups in total. The van der Waals surface area contributed by atoms with Crippen LogP contribution < -0.4 is 0 Å². The Morgan fingerprint density at radius 3 is 2.62 bits per heavy atom. The molecular weight excluding hydrogens is 275 g/mol. The minimum atomic E-state index is 0.570. The molecule has 2 heteroatoms. The van der Waals surface area contributed by atoms with Crippen LogP contribution in [0.2, 0.25) is 0 Å². The van der Waals surface area contributed by atoms with Gasteiger partial charge in [-0.3, -0.25) is 0 Å². The zero-order valence-corrected chi connectivity index (χ0v) is 10.5. The van der Waals surface area contributed by atoms with Crippen LogP contribution in [0.4, 0.5) is 0 Å². The van der Waals surface area contributed by atoms with Crippen LogP contribution in [-0.4, -0.2) is 17.1 Å². The first-order valence-corrected chi connectivity index (χ1v) is 6.97. The maximum absolute atomic E-state index is 5.82. The third kappa shape index (κ3) is 1.89. The predicted octanol–water partition coefficient (Wildman–Crippen LogP) is 3.41. The summed E-state index contributed by atoms with van der Waals surface area (Å²) in [5, 5.41) is 0. The Hall–Kier alpha value is 0.690. The lowest BCUT2D eigenvalue weighted by Crippen LogP contribution is -2.35. The van der Waals surface area contributed by atoms with Crippen molar-refractivity contribution in [3.05, 3.63) is 0 Å². The van der Waals surface area contributed by atoms with Gasteiger partial charge in [0.05, 0.1) is 6.10 Å². The van der Waals surface area contributed by atoms with E-state index >= 15 is 0 Å². The molecule has 1 aliphatic heterocycles. The second-order valence-corrected chi connectivity index (χ2v) is 5.69. The van der Waals surface area contributed by atoms with E-state index in [4.69, 9.17) is 4.74 Å². The SMILES string of the molecule is CC1CCC2(CCOC2CI)CC1. The summed E-state index contributed by atoms with van der Waals surface area (Å²) in [6.45, 7) is 3.41. The van der Waals surface area contributed by atoms with E-state index in [1.54, 1.807) is 0 Å². The molecule has 1 saturated carbocycles. The van der Waals surface area contributed by atoms with E-state index < -0.39 is 0 Å². The quantitative estimate of drug-likeness (QED) is 0.532. The second kappa shape index (κ2) is 4.05. The first-order valence-electron chi connectivity index (χ1n) is 5.44. The minimum Gasteiger partial charge on any atom is -0.377 e. The van der Waals surface area contributed by atoms with Crippen LogP contribution in [0.5, 0.6) is 0 Å². The maximum atomic E-state index is 5.82. The monoisotopic (exact) mass is 294 g/mol. The van der Waals surface area contributed by atoms with E-state index in [1.807, 2.05) is 0 Å². The maximum Gasteiger partial charge on any atom is 0.0721 e. The predicted molar refractivity (Wildman–Crippen MR) is 63.3 cm³/mol. The highest BCUT2D eigenvalue weighted by Gasteiger charge is 2.44. The lowest BCUT2D eigenvalue weighted by atomic mass is 9.67. The molecule has 0 amide bonds. The highest BCUT2D eigenvalue weighted by atomic mass is 127. The molecule has 0 radical (unpaired) electrons. The number of ether oxygens (including phenoxy) is 1. The van der Waals surface area contributed by atoms with Crippen LogP contribution in [0.3, 0.4) is 0 Å². The summed E-state index contributed by atoms with van der Waals surface area (Å²) < 4.78 is 7.01. The Kier molecular flexibility index (Phi) is 3.18. The third-order valence-corrected chi connectivity index (χ3v) is 4.81. The summed E-state index contributed by atoms with van der Waals surface area (Å²) in [6, 6.07) is 0. The van der Waals surface area contributed by atoms with Gasteiger partial charge in [0.15, 0.2) is 0 Å². The number of hydrogen-bond donors (Lipinski definition) is 0. The van der Waals surface area contributed by atoms with Crippen LogP contribution in [0.15, 0.2) is 0 Å². The van der Waals surface area contributed by atoms with Gasteiger partial charge in [0.2, 0.25) is 0 Å². The minimum absolute atomic E-state index is 0.570. The topological polar surface area (TPSA) is 9.23 Å². The molecule has 1 atom stereocenters. The standard InChI is InChI=1S/C11H19IO/c1-9-2-4-11(5-3-9)6-7-13-10(11)8-12/h9-10H,2-8H2,1H3. The molecule has 1 heterocycles. The van der Waals surface area contributed by atoms with Gasteiger partial charge in [-0.2, -0.15) is 0 Å². The average Bonchev–Trinajstić information content (AvgIpc) is 2.54. The fourth-order valence-electron chi connectivity index (χ4n) is 2.86. The lowest BCUT2D eigenvalue weighted by Gasteiger charge is -2.39. The summed E-state index contributed by atoms with van der Waals surface area (Å²) >= 11 is 2.48. The molecular formula is C11H19IO. The van der Waals surface area contributed by atoms with Gasteiger partial charge in [0, 0.05) is 11.0 Å². The average molecular weight is 294 g/mol. The molecule has 0 bridgehead atoms. The van der Waals surface area contributed by atoms with Crippen molar-refractivity contribution >= 4 is 22.6 Å². The van der Waals surface area contributed by atoms with Gasteiger partial charge in [-0.1, -0.05) is 42.4 Å². The number of rotatable bonds is 1. The first kappa shape index (κ1) is 10.2. The highest BCUT2D eigenvalue weighted by molar-refractivity contribution is 14.1. The molecule has 2 fully saturated rings. The summed E-state index contributed by atoms with van der Waals surface area (Å²) in [5.41, 5.74) is 0.591. The molecule has 0 aromatic carbocycles. The van der Waals surface area contributed by atoms with Gasteiger partial charge in [-0.05, 0) is 30.6 Å². The number of alkyl halides is 1. The van der Waals surface area contributed by atoms with Crippen LogP contribution in [0.1, 0.15) is 39.0 Å². The zero-order chi connectivity index (χ0) is 9.31. The van der Waals surface area contributed by atoms with E-state index in [-0.39, 0.29) is 0 Å². The smallest absolute Gasteiger partial charge is 0.0721 e. The molecule has 2 aliphatic rings. The Bertz CT molecular complexity index is 173. The summed E-state index contributed by atoms with van der Waals surface area (Å²) in [4.78, 5) is 0. The molecule has 1 spiro atoms. The molecule has 1 unspecified atom stereocenters. The third-order valence-electron chi connectivity index (χ3n) is 4.01. The molecule has 0 aromatic rings. The van der Waals surface area contributed by atoms with Crippen LogP contribution >= 0.6 is 22.6 Å². The summed E-state index contributed by atoms with van der Waals surface area (Å²) in [6.07, 6.45) is 7.59. The van der Waals surface area contributed by atoms with Crippen molar-refractivity contribution in [1.82, 2.24) is 0 Å². The van der Waals surface area contributed by atoms with Crippen molar-refractivity contribution in [3.8, 4) is 0 Å². The zero-order valence-electron chi connectivity index (χ0n) is 8.39. The fourth-order valence-corrected chi connectivity index (χ4v) is 4.05. The van der Waals surface area contributed by atoms with Gasteiger partial charge in [0.25, 0.3) is 0 Å². The Labute approximate surface area is 94.8 Å². The van der Waals surface area contributed by atoms with Gasteiger partial charge < -0.3 is 4.74 Å². The van der Waals surface area contributed by atoms with E-state index in [9.17, 15) is 0 Å². The number of halogens is 1. The molecule has 1 aliphatic carbocycles. The van der Waals surface area contributed by atoms with Gasteiger partial charge in [-0.25, -0.2) is 0 Å². The van der Waals surface area contributed by atoms with E-state index in [0.717, 1.165) is 12.5 Å². The summed E-state index contributed by atoms with van der Waals surface area (Å²) in [7, 11) is 0. The van der Waals surface area contributed by atoms with Crippen molar-refractivity contribution in [2.45, 2.75) is 45.1 Å². The van der Waals surface area contributed by atoms with Crippen molar-refractivity contribution < 1.29 is 4.74 Å². The fraction of sp³-hybridized carbons (Fsp3) is 1.00. The van der Waals surface area contributed by atoms with Crippen LogP contribution in [-0.2, 0) is 4.74 Å². The lowest BCUT2D eigenvalue weighted by molar-refractivity contribution is 0.0393. The Morgan fingerprint density at radius 1 is 1.31 bits per heavy atom. The van der Waals surface area contributed by atoms with Gasteiger partial charge >= 0.3 is 0 Å². The normalized spacial score (nSPS) is 45.7. The first-order chi connectivity index (χ1) is 6.27. The van der Waals surface area contributed by atoms with E-state index in [1.165, 1.54) is 36.5 Å². The molecule has 2 rings (SSSR count). The highest BCUT2D eigenvalue weighted by Crippen LogP contribution is 2.48. The van der Waals surface area contributed by atoms with E-state index in [0.29, 0.717) is 11.5 Å². The molecule has 13 heavy (non-hydrogen) atoms.